The quantitative estimate of drug-likeness (QED) is 0.0261. The van der Waals surface area contributed by atoms with Crippen LogP contribution in [0.15, 0.2) is 12.2 Å². The lowest BCUT2D eigenvalue weighted by atomic mass is 10.0. The second kappa shape index (κ2) is 59.7. The number of unbranched alkanes of at least 4 members (excludes halogenated alkanes) is 46. The molecule has 6 heteroatoms. The highest BCUT2D eigenvalue weighted by molar-refractivity contribution is 5.71. The number of carbonyl (C=O) groups is 3. The predicted octanol–water partition coefficient (Wildman–Crippen LogP) is 21.3. The summed E-state index contributed by atoms with van der Waals surface area (Å²) >= 11 is 0. The smallest absolute Gasteiger partial charge is 0.306 e. The fraction of sp³-hybridized carbons (Fsp3) is 0.922. The van der Waals surface area contributed by atoms with E-state index in [9.17, 15) is 14.4 Å². The van der Waals surface area contributed by atoms with Crippen LogP contribution in [0.4, 0.5) is 0 Å². The summed E-state index contributed by atoms with van der Waals surface area (Å²) in [4.78, 5) is 38.1. The molecule has 0 aliphatic carbocycles. The van der Waals surface area contributed by atoms with E-state index in [2.05, 4.69) is 32.9 Å². The molecular weight excluding hydrogens is 865 g/mol. The van der Waals surface area contributed by atoms with Crippen LogP contribution >= 0.6 is 0 Å². The molecule has 0 aliphatic rings. The van der Waals surface area contributed by atoms with E-state index in [0.29, 0.717) is 19.3 Å². The van der Waals surface area contributed by atoms with Crippen molar-refractivity contribution in [2.24, 2.45) is 0 Å². The van der Waals surface area contributed by atoms with Crippen molar-refractivity contribution in [2.75, 3.05) is 13.2 Å². The normalized spacial score (nSPS) is 12.0. The van der Waals surface area contributed by atoms with E-state index >= 15 is 0 Å². The zero-order chi connectivity index (χ0) is 50.7. The number of hydrogen-bond acceptors (Lipinski definition) is 6. The zero-order valence-corrected chi connectivity index (χ0v) is 47.6. The minimum atomic E-state index is -0.762. The largest absolute Gasteiger partial charge is 0.462 e. The van der Waals surface area contributed by atoms with Gasteiger partial charge in [-0.2, -0.15) is 0 Å². The van der Waals surface area contributed by atoms with Crippen molar-refractivity contribution < 1.29 is 28.6 Å². The fourth-order valence-corrected chi connectivity index (χ4v) is 9.74. The molecule has 0 aliphatic heterocycles. The van der Waals surface area contributed by atoms with Crippen molar-refractivity contribution in [3.05, 3.63) is 12.2 Å². The molecule has 0 fully saturated rings. The van der Waals surface area contributed by atoms with Crippen LogP contribution < -0.4 is 0 Å². The maximum absolute atomic E-state index is 12.8. The summed E-state index contributed by atoms with van der Waals surface area (Å²) in [5.41, 5.74) is 0. The van der Waals surface area contributed by atoms with Gasteiger partial charge in [0.05, 0.1) is 0 Å². The molecule has 1 unspecified atom stereocenters. The van der Waals surface area contributed by atoms with Gasteiger partial charge >= 0.3 is 17.9 Å². The highest BCUT2D eigenvalue weighted by Gasteiger charge is 2.19. The van der Waals surface area contributed by atoms with Crippen LogP contribution in [0, 0.1) is 0 Å². The molecule has 0 aromatic rings. The van der Waals surface area contributed by atoms with Gasteiger partial charge in [0.15, 0.2) is 6.10 Å². The lowest BCUT2D eigenvalue weighted by Crippen LogP contribution is -2.30. The van der Waals surface area contributed by atoms with Crippen molar-refractivity contribution in [1.29, 1.82) is 0 Å². The lowest BCUT2D eigenvalue weighted by Gasteiger charge is -2.18. The summed E-state index contributed by atoms with van der Waals surface area (Å²) < 4.78 is 16.9. The Hall–Kier alpha value is -1.85. The SMILES string of the molecule is CCCCCCCCCC/C=C\CCCCCCCCCCCCCCCCCCCC(=O)OCC(COC(=O)CCCCCCCCCCC)OC(=O)CCCCCCCCCCCCCCCC. The molecule has 0 rings (SSSR count). The van der Waals surface area contributed by atoms with E-state index in [1.54, 1.807) is 0 Å². The molecule has 0 aromatic heterocycles. The number of carbonyl (C=O) groups excluding carboxylic acids is 3. The molecule has 0 heterocycles. The number of hydrogen-bond donors (Lipinski definition) is 0. The molecule has 0 saturated heterocycles. The molecule has 0 aromatic carbocycles. The zero-order valence-electron chi connectivity index (χ0n) is 47.6. The molecule has 0 bridgehead atoms. The second-order valence-corrected chi connectivity index (χ2v) is 21.7. The van der Waals surface area contributed by atoms with Crippen molar-refractivity contribution in [2.45, 2.75) is 367 Å². The first-order valence-corrected chi connectivity index (χ1v) is 31.7. The molecule has 0 amide bonds. The van der Waals surface area contributed by atoms with E-state index in [-0.39, 0.29) is 31.1 Å². The second-order valence-electron chi connectivity index (χ2n) is 21.7. The van der Waals surface area contributed by atoms with Crippen molar-refractivity contribution in [3.8, 4) is 0 Å². The minimum absolute atomic E-state index is 0.0631. The van der Waals surface area contributed by atoms with E-state index < -0.39 is 6.10 Å². The van der Waals surface area contributed by atoms with Crippen LogP contribution in [0.25, 0.3) is 0 Å². The van der Waals surface area contributed by atoms with E-state index in [0.717, 1.165) is 57.8 Å². The number of ether oxygens (including phenoxy) is 3. The topological polar surface area (TPSA) is 78.9 Å². The molecular formula is C64H122O6. The Morgan fingerprint density at radius 1 is 0.271 bits per heavy atom. The molecule has 414 valence electrons. The van der Waals surface area contributed by atoms with Gasteiger partial charge in [0.25, 0.3) is 0 Å². The molecule has 70 heavy (non-hydrogen) atoms. The summed E-state index contributed by atoms with van der Waals surface area (Å²) in [6, 6.07) is 0. The Labute approximate surface area is 437 Å². The average molecular weight is 988 g/mol. The Bertz CT molecular complexity index is 1090. The number of allylic oxidation sites excluding steroid dienone is 2. The summed E-state index contributed by atoms with van der Waals surface area (Å²) in [6.07, 6.45) is 69.6. The highest BCUT2D eigenvalue weighted by Crippen LogP contribution is 2.18. The van der Waals surface area contributed by atoms with E-state index in [4.69, 9.17) is 14.2 Å². The average Bonchev–Trinajstić information content (AvgIpc) is 3.36. The third-order valence-electron chi connectivity index (χ3n) is 14.5. The van der Waals surface area contributed by atoms with E-state index in [1.165, 1.54) is 263 Å². The summed E-state index contributed by atoms with van der Waals surface area (Å²) in [5, 5.41) is 0. The number of rotatable bonds is 59. The molecule has 0 N–H and O–H groups in total. The predicted molar refractivity (Wildman–Crippen MR) is 303 cm³/mol. The summed E-state index contributed by atoms with van der Waals surface area (Å²) in [5.74, 6) is -0.840. The van der Waals surface area contributed by atoms with Gasteiger partial charge in [0, 0.05) is 19.3 Å². The maximum Gasteiger partial charge on any atom is 0.306 e. The first-order valence-electron chi connectivity index (χ1n) is 31.7. The standard InChI is InChI=1S/C64H122O6/c1-4-7-10-13-16-19-21-23-25-26-27-28-29-30-31-32-33-34-35-36-37-38-39-41-42-45-48-51-54-57-63(66)69-60-61(59-68-62(65)56-53-50-47-44-18-15-12-9-6-3)70-64(67)58-55-52-49-46-43-40-24-22-20-17-14-11-8-5-2/h26-27,61H,4-25,28-60H2,1-3H3/b27-26-. The molecule has 0 saturated carbocycles. The van der Waals surface area contributed by atoms with Gasteiger partial charge < -0.3 is 14.2 Å². The van der Waals surface area contributed by atoms with Gasteiger partial charge in [-0.3, -0.25) is 14.4 Å². The Morgan fingerprint density at radius 2 is 0.471 bits per heavy atom. The van der Waals surface area contributed by atoms with Crippen LogP contribution in [-0.4, -0.2) is 37.2 Å². The van der Waals surface area contributed by atoms with Gasteiger partial charge in [-0.1, -0.05) is 309 Å². The van der Waals surface area contributed by atoms with Crippen LogP contribution in [0.5, 0.6) is 0 Å². The highest BCUT2D eigenvalue weighted by atomic mass is 16.6. The van der Waals surface area contributed by atoms with Gasteiger partial charge in [-0.25, -0.2) is 0 Å². The third kappa shape index (κ3) is 57.1. The van der Waals surface area contributed by atoms with Crippen molar-refractivity contribution in [3.63, 3.8) is 0 Å². The van der Waals surface area contributed by atoms with Gasteiger partial charge in [-0.05, 0) is 44.9 Å². The Kier molecular flexibility index (Phi) is 58.1. The number of esters is 3. The van der Waals surface area contributed by atoms with Gasteiger partial charge in [0.2, 0.25) is 0 Å². The summed E-state index contributed by atoms with van der Waals surface area (Å²) in [7, 11) is 0. The van der Waals surface area contributed by atoms with Crippen molar-refractivity contribution >= 4 is 17.9 Å². The van der Waals surface area contributed by atoms with Crippen LogP contribution in [0.3, 0.4) is 0 Å². The monoisotopic (exact) mass is 987 g/mol. The minimum Gasteiger partial charge on any atom is -0.462 e. The van der Waals surface area contributed by atoms with Gasteiger partial charge in [0.1, 0.15) is 13.2 Å². The maximum atomic E-state index is 12.8. The first kappa shape index (κ1) is 68.2. The van der Waals surface area contributed by atoms with Crippen molar-refractivity contribution in [1.82, 2.24) is 0 Å². The van der Waals surface area contributed by atoms with Gasteiger partial charge in [-0.15, -0.1) is 0 Å². The summed E-state index contributed by atoms with van der Waals surface area (Å²) in [6.45, 7) is 6.68. The molecule has 0 spiro atoms. The molecule has 0 radical (unpaired) electrons. The van der Waals surface area contributed by atoms with Crippen LogP contribution in [0.2, 0.25) is 0 Å². The lowest BCUT2D eigenvalue weighted by molar-refractivity contribution is -0.167. The van der Waals surface area contributed by atoms with Crippen LogP contribution in [0.1, 0.15) is 361 Å². The Morgan fingerprint density at radius 3 is 0.714 bits per heavy atom. The molecule has 1 atom stereocenters. The first-order chi connectivity index (χ1) is 34.5. The third-order valence-corrected chi connectivity index (χ3v) is 14.5. The molecule has 6 nitrogen and oxygen atoms in total. The van der Waals surface area contributed by atoms with Crippen LogP contribution in [-0.2, 0) is 28.6 Å². The van der Waals surface area contributed by atoms with E-state index in [1.807, 2.05) is 0 Å². The fourth-order valence-electron chi connectivity index (χ4n) is 9.74. The Balaban J connectivity index is 4.04.